The number of unbranched alkanes of at least 4 members (excludes halogenated alkanes) is 1. The molecular weight excluding hydrogens is 308 g/mol. The number of hydrogen-bond acceptors (Lipinski definition) is 5. The summed E-state index contributed by atoms with van der Waals surface area (Å²) in [5.41, 5.74) is 4.59. The summed E-state index contributed by atoms with van der Waals surface area (Å²) in [6.07, 6.45) is 5.12. The van der Waals surface area contributed by atoms with Crippen molar-refractivity contribution in [1.29, 1.82) is 0 Å². The summed E-state index contributed by atoms with van der Waals surface area (Å²) in [4.78, 5) is 28.3. The van der Waals surface area contributed by atoms with E-state index in [2.05, 4.69) is 11.9 Å². The van der Waals surface area contributed by atoms with Crippen LogP contribution in [0.15, 0.2) is 9.59 Å². The summed E-state index contributed by atoms with van der Waals surface area (Å²) >= 11 is 0. The number of anilines is 2. The lowest BCUT2D eigenvalue weighted by Crippen LogP contribution is -2.46. The van der Waals surface area contributed by atoms with Crippen molar-refractivity contribution in [2.75, 3.05) is 24.2 Å². The van der Waals surface area contributed by atoms with Crippen LogP contribution in [0.25, 0.3) is 0 Å². The second kappa shape index (κ2) is 7.42. The topological polar surface area (TPSA) is 104 Å². The van der Waals surface area contributed by atoms with Crippen LogP contribution in [0.2, 0.25) is 0 Å². The maximum atomic E-state index is 12.3. The Balaban J connectivity index is 2.27. The Kier molecular flexibility index (Phi) is 5.74. The molecule has 1 aliphatic carbocycles. The molecule has 0 saturated heterocycles. The standard InChI is InChI=1S/C17H30N4O3/c1-4-5-10-21-14(18)13(15(22)19-16(21)23)20(3)11-17(24)8-6-12(2)7-9-17/h12,24H,4-11,18H2,1-3H3,(H,19,22,23). The van der Waals surface area contributed by atoms with Crippen molar-refractivity contribution in [2.45, 2.75) is 64.5 Å². The van der Waals surface area contributed by atoms with Gasteiger partial charge in [0.05, 0.1) is 5.60 Å². The largest absolute Gasteiger partial charge is 0.388 e. The molecule has 1 fully saturated rings. The number of aromatic amines is 1. The van der Waals surface area contributed by atoms with Crippen LogP contribution in [0.4, 0.5) is 11.5 Å². The summed E-state index contributed by atoms with van der Waals surface area (Å²) in [5, 5.41) is 10.8. The molecule has 136 valence electrons. The normalized spacial score (nSPS) is 24.1. The Labute approximate surface area is 142 Å². The molecule has 0 amide bonds. The summed E-state index contributed by atoms with van der Waals surface area (Å²) in [7, 11) is 1.74. The highest BCUT2D eigenvalue weighted by molar-refractivity contribution is 5.62. The fourth-order valence-corrected chi connectivity index (χ4v) is 3.46. The summed E-state index contributed by atoms with van der Waals surface area (Å²) in [5.74, 6) is 0.799. The lowest BCUT2D eigenvalue weighted by Gasteiger charge is -2.38. The summed E-state index contributed by atoms with van der Waals surface area (Å²) in [6, 6.07) is 0. The van der Waals surface area contributed by atoms with Gasteiger partial charge in [0, 0.05) is 20.1 Å². The number of nitrogen functional groups attached to an aromatic ring is 1. The second-order valence-corrected chi connectivity index (χ2v) is 7.26. The minimum atomic E-state index is -0.815. The molecule has 1 aliphatic rings. The van der Waals surface area contributed by atoms with Crippen molar-refractivity contribution in [3.63, 3.8) is 0 Å². The average molecular weight is 338 g/mol. The predicted molar refractivity (Wildman–Crippen MR) is 96.5 cm³/mol. The molecule has 0 bridgehead atoms. The number of hydrogen-bond donors (Lipinski definition) is 3. The van der Waals surface area contributed by atoms with Gasteiger partial charge in [0.2, 0.25) is 0 Å². The highest BCUT2D eigenvalue weighted by atomic mass is 16.3. The fraction of sp³-hybridized carbons (Fsp3) is 0.765. The molecule has 7 heteroatoms. The predicted octanol–water partition coefficient (Wildman–Crippen LogP) is 1.30. The van der Waals surface area contributed by atoms with Gasteiger partial charge in [0.15, 0.2) is 0 Å². The van der Waals surface area contributed by atoms with Crippen LogP contribution >= 0.6 is 0 Å². The molecule has 0 radical (unpaired) electrons. The maximum Gasteiger partial charge on any atom is 0.330 e. The summed E-state index contributed by atoms with van der Waals surface area (Å²) < 4.78 is 1.41. The number of nitrogens with one attached hydrogen (secondary N) is 1. The lowest BCUT2D eigenvalue weighted by molar-refractivity contribution is 0.000477. The quantitative estimate of drug-likeness (QED) is 0.725. The van der Waals surface area contributed by atoms with Gasteiger partial charge in [-0.3, -0.25) is 14.3 Å². The lowest BCUT2D eigenvalue weighted by atomic mass is 9.79. The third-order valence-electron chi connectivity index (χ3n) is 5.07. The van der Waals surface area contributed by atoms with Gasteiger partial charge in [-0.2, -0.15) is 0 Å². The number of nitrogens with zero attached hydrogens (tertiary/aromatic N) is 2. The van der Waals surface area contributed by atoms with Crippen LogP contribution in [0, 0.1) is 5.92 Å². The number of rotatable bonds is 6. The third kappa shape index (κ3) is 4.01. The molecule has 1 saturated carbocycles. The van der Waals surface area contributed by atoms with Crippen molar-refractivity contribution in [3.05, 3.63) is 20.8 Å². The van der Waals surface area contributed by atoms with E-state index in [1.807, 2.05) is 6.92 Å². The Morgan fingerprint density at radius 3 is 2.58 bits per heavy atom. The number of nitrogens with two attached hydrogens (primary N) is 1. The molecule has 0 spiro atoms. The molecule has 0 aromatic carbocycles. The highest BCUT2D eigenvalue weighted by Gasteiger charge is 2.34. The van der Waals surface area contributed by atoms with Gasteiger partial charge in [0.1, 0.15) is 11.5 Å². The van der Waals surface area contributed by atoms with E-state index in [1.54, 1.807) is 11.9 Å². The third-order valence-corrected chi connectivity index (χ3v) is 5.07. The van der Waals surface area contributed by atoms with Crippen LogP contribution in [0.5, 0.6) is 0 Å². The molecule has 7 nitrogen and oxygen atoms in total. The van der Waals surface area contributed by atoms with Crippen molar-refractivity contribution in [2.24, 2.45) is 5.92 Å². The summed E-state index contributed by atoms with van der Waals surface area (Å²) in [6.45, 7) is 5.02. The number of likely N-dealkylation sites (N-methyl/N-ethyl adjacent to an activating group) is 1. The molecule has 0 unspecified atom stereocenters. The molecule has 0 aliphatic heterocycles. The van der Waals surface area contributed by atoms with Crippen LogP contribution in [-0.4, -0.2) is 33.9 Å². The molecule has 0 atom stereocenters. The molecule has 1 aromatic heterocycles. The smallest absolute Gasteiger partial charge is 0.330 e. The van der Waals surface area contributed by atoms with E-state index >= 15 is 0 Å². The first kappa shape index (κ1) is 18.6. The van der Waals surface area contributed by atoms with E-state index in [-0.39, 0.29) is 11.5 Å². The van der Waals surface area contributed by atoms with Gasteiger partial charge in [-0.15, -0.1) is 0 Å². The Bertz CT molecular complexity index is 671. The molecule has 2 rings (SSSR count). The van der Waals surface area contributed by atoms with Crippen molar-refractivity contribution in [3.8, 4) is 0 Å². The minimum Gasteiger partial charge on any atom is -0.388 e. The van der Waals surface area contributed by atoms with Crippen LogP contribution in [0.3, 0.4) is 0 Å². The van der Waals surface area contributed by atoms with Gasteiger partial charge >= 0.3 is 5.69 Å². The Hall–Kier alpha value is -1.76. The van der Waals surface area contributed by atoms with Crippen molar-refractivity contribution >= 4 is 11.5 Å². The van der Waals surface area contributed by atoms with Gasteiger partial charge in [-0.25, -0.2) is 4.79 Å². The fourth-order valence-electron chi connectivity index (χ4n) is 3.46. The van der Waals surface area contributed by atoms with Crippen LogP contribution < -0.4 is 21.9 Å². The van der Waals surface area contributed by atoms with E-state index in [9.17, 15) is 14.7 Å². The zero-order valence-corrected chi connectivity index (χ0v) is 15.0. The zero-order chi connectivity index (χ0) is 17.9. The van der Waals surface area contributed by atoms with E-state index in [4.69, 9.17) is 5.73 Å². The van der Waals surface area contributed by atoms with Crippen molar-refractivity contribution in [1.82, 2.24) is 9.55 Å². The first-order valence-electron chi connectivity index (χ1n) is 8.83. The number of aromatic nitrogens is 2. The monoisotopic (exact) mass is 338 g/mol. The molecule has 1 heterocycles. The minimum absolute atomic E-state index is 0.174. The maximum absolute atomic E-state index is 12.3. The van der Waals surface area contributed by atoms with E-state index < -0.39 is 16.9 Å². The highest BCUT2D eigenvalue weighted by Crippen LogP contribution is 2.33. The van der Waals surface area contributed by atoms with E-state index in [1.165, 1.54) is 4.57 Å². The van der Waals surface area contributed by atoms with Gasteiger partial charge in [0.25, 0.3) is 5.56 Å². The second-order valence-electron chi connectivity index (χ2n) is 7.26. The average Bonchev–Trinajstić information content (AvgIpc) is 2.50. The zero-order valence-electron chi connectivity index (χ0n) is 15.0. The molecule has 4 N–H and O–H groups in total. The molecule has 24 heavy (non-hydrogen) atoms. The van der Waals surface area contributed by atoms with Crippen LogP contribution in [0.1, 0.15) is 52.4 Å². The number of aliphatic hydroxyl groups is 1. The van der Waals surface area contributed by atoms with Gasteiger partial charge in [-0.1, -0.05) is 20.3 Å². The van der Waals surface area contributed by atoms with Crippen molar-refractivity contribution < 1.29 is 5.11 Å². The van der Waals surface area contributed by atoms with Crippen LogP contribution in [-0.2, 0) is 6.54 Å². The molecule has 1 aromatic rings. The first-order chi connectivity index (χ1) is 11.3. The SMILES string of the molecule is CCCCn1c(N)c(N(C)CC2(O)CCC(C)CC2)c(=O)[nH]c1=O. The van der Waals surface area contributed by atoms with Gasteiger partial charge in [-0.05, 0) is 38.0 Å². The Morgan fingerprint density at radius 1 is 1.38 bits per heavy atom. The number of H-pyrrole nitrogens is 1. The van der Waals surface area contributed by atoms with Gasteiger partial charge < -0.3 is 15.7 Å². The molecular formula is C17H30N4O3. The Morgan fingerprint density at radius 2 is 2.00 bits per heavy atom. The first-order valence-corrected chi connectivity index (χ1v) is 8.83. The van der Waals surface area contributed by atoms with E-state index in [0.717, 1.165) is 25.7 Å². The van der Waals surface area contributed by atoms with E-state index in [0.29, 0.717) is 31.8 Å².